The summed E-state index contributed by atoms with van der Waals surface area (Å²) in [6, 6.07) is 54.9. The molecule has 0 saturated carbocycles. The van der Waals surface area contributed by atoms with Crippen LogP contribution in [0.2, 0.25) is 0 Å². The van der Waals surface area contributed by atoms with E-state index in [9.17, 15) is 0 Å². The van der Waals surface area contributed by atoms with Crippen molar-refractivity contribution in [3.8, 4) is 67.0 Å². The second kappa shape index (κ2) is 17.1. The second-order valence-electron chi connectivity index (χ2n) is 17.0. The van der Waals surface area contributed by atoms with Crippen molar-refractivity contribution in [1.29, 1.82) is 0 Å². The van der Waals surface area contributed by atoms with E-state index in [1.165, 1.54) is 55.6 Å². The standard InChI is InChI=1S/C59H52N4/c1-37-17-15-18-38(2)57(37)49-27-47(55-33-53(42(6)35-61-55)45-21-11-9-12-22-45)29-51(31-49)63(59-41(5)25-26-60-44(59)8)52-30-48(28-50(32-52)58-39(3)19-16-20-40(58)4)56-34-54(43(7)36-62-56)46-23-13-10-14-24-46/h9-36H,1-8H3. The van der Waals surface area contributed by atoms with Crippen LogP contribution in [0.5, 0.6) is 0 Å². The van der Waals surface area contributed by atoms with Crippen molar-refractivity contribution in [2.45, 2.75) is 55.4 Å². The molecule has 0 aliphatic carbocycles. The first kappa shape index (κ1) is 40.9. The summed E-state index contributed by atoms with van der Waals surface area (Å²) < 4.78 is 0. The summed E-state index contributed by atoms with van der Waals surface area (Å²) in [5.41, 5.74) is 25.5. The predicted molar refractivity (Wildman–Crippen MR) is 265 cm³/mol. The number of hydrogen-bond acceptors (Lipinski definition) is 4. The maximum Gasteiger partial charge on any atom is 0.0709 e. The summed E-state index contributed by atoms with van der Waals surface area (Å²) in [6.07, 6.45) is 5.93. The monoisotopic (exact) mass is 816 g/mol. The number of benzene rings is 6. The van der Waals surface area contributed by atoms with Gasteiger partial charge in [-0.3, -0.25) is 15.0 Å². The van der Waals surface area contributed by atoms with Crippen molar-refractivity contribution in [2.24, 2.45) is 0 Å². The number of nitrogens with zero attached hydrogens (tertiary/aromatic N) is 4. The summed E-state index contributed by atoms with van der Waals surface area (Å²) in [5, 5.41) is 0. The van der Waals surface area contributed by atoms with Gasteiger partial charge in [-0.2, -0.15) is 0 Å². The molecule has 4 heteroatoms. The Kier molecular flexibility index (Phi) is 11.1. The molecule has 63 heavy (non-hydrogen) atoms. The Labute approximate surface area is 372 Å². The topological polar surface area (TPSA) is 41.9 Å². The molecule has 0 atom stereocenters. The molecular weight excluding hydrogens is 765 g/mol. The Morgan fingerprint density at radius 2 is 0.746 bits per heavy atom. The largest absolute Gasteiger partial charge is 0.308 e. The Morgan fingerprint density at radius 3 is 1.16 bits per heavy atom. The molecular formula is C59H52N4. The molecule has 9 aromatic rings. The highest BCUT2D eigenvalue weighted by atomic mass is 15.2. The maximum atomic E-state index is 5.12. The van der Waals surface area contributed by atoms with Gasteiger partial charge in [-0.05, 0) is 193 Å². The number of anilines is 3. The molecule has 9 rings (SSSR count). The van der Waals surface area contributed by atoms with Crippen molar-refractivity contribution in [1.82, 2.24) is 15.0 Å². The van der Waals surface area contributed by atoms with Crippen LogP contribution >= 0.6 is 0 Å². The highest BCUT2D eigenvalue weighted by Crippen LogP contribution is 2.46. The lowest BCUT2D eigenvalue weighted by atomic mass is 9.91. The predicted octanol–water partition coefficient (Wildman–Crippen LogP) is 15.8. The summed E-state index contributed by atoms with van der Waals surface area (Å²) in [4.78, 5) is 17.6. The summed E-state index contributed by atoms with van der Waals surface area (Å²) >= 11 is 0. The summed E-state index contributed by atoms with van der Waals surface area (Å²) in [6.45, 7) is 17.4. The van der Waals surface area contributed by atoms with Gasteiger partial charge in [0.15, 0.2) is 0 Å². The van der Waals surface area contributed by atoms with Gasteiger partial charge < -0.3 is 4.90 Å². The highest BCUT2D eigenvalue weighted by Gasteiger charge is 2.23. The molecule has 0 aliphatic rings. The molecule has 0 saturated heterocycles. The third-order valence-electron chi connectivity index (χ3n) is 12.4. The molecule has 0 N–H and O–H groups in total. The van der Waals surface area contributed by atoms with E-state index in [0.29, 0.717) is 0 Å². The smallest absolute Gasteiger partial charge is 0.0709 e. The Balaban J connectivity index is 1.35. The number of aromatic nitrogens is 3. The van der Waals surface area contributed by atoms with Crippen LogP contribution in [-0.2, 0) is 0 Å². The van der Waals surface area contributed by atoms with Crippen molar-refractivity contribution >= 4 is 17.1 Å². The maximum absolute atomic E-state index is 5.12. The molecule has 3 aromatic heterocycles. The lowest BCUT2D eigenvalue weighted by Crippen LogP contribution is -2.14. The van der Waals surface area contributed by atoms with Crippen LogP contribution in [0, 0.1) is 55.4 Å². The van der Waals surface area contributed by atoms with Crippen LogP contribution in [-0.4, -0.2) is 15.0 Å². The van der Waals surface area contributed by atoms with Crippen molar-refractivity contribution < 1.29 is 0 Å². The number of pyridine rings is 3. The van der Waals surface area contributed by atoms with Crippen LogP contribution in [0.15, 0.2) is 170 Å². The molecule has 0 radical (unpaired) electrons. The number of hydrogen-bond donors (Lipinski definition) is 0. The Hall–Kier alpha value is -7.43. The summed E-state index contributed by atoms with van der Waals surface area (Å²) in [7, 11) is 0. The van der Waals surface area contributed by atoms with E-state index in [0.717, 1.165) is 73.1 Å². The average Bonchev–Trinajstić information content (AvgIpc) is 3.28. The SMILES string of the molecule is Cc1cnc(-c2cc(-c3c(C)cccc3C)cc(N(c3cc(-c4cc(-c5ccccc5)c(C)cn4)cc(-c4c(C)cccc4C)c3)c3c(C)ccnc3C)c2)cc1-c1ccccc1. The zero-order chi connectivity index (χ0) is 43.8. The van der Waals surface area contributed by atoms with Crippen LogP contribution in [0.4, 0.5) is 17.1 Å². The minimum absolute atomic E-state index is 0.913. The van der Waals surface area contributed by atoms with E-state index in [1.807, 2.05) is 18.6 Å². The van der Waals surface area contributed by atoms with Crippen LogP contribution in [0.1, 0.15) is 44.6 Å². The van der Waals surface area contributed by atoms with E-state index in [1.54, 1.807) is 0 Å². The third-order valence-corrected chi connectivity index (χ3v) is 12.4. The minimum atomic E-state index is 0.913. The molecule has 4 nitrogen and oxygen atoms in total. The van der Waals surface area contributed by atoms with Crippen LogP contribution in [0.25, 0.3) is 67.0 Å². The highest BCUT2D eigenvalue weighted by molar-refractivity contribution is 5.91. The molecule has 3 heterocycles. The van der Waals surface area contributed by atoms with E-state index >= 15 is 0 Å². The van der Waals surface area contributed by atoms with Crippen LogP contribution in [0.3, 0.4) is 0 Å². The van der Waals surface area contributed by atoms with Crippen molar-refractivity contribution in [3.63, 3.8) is 0 Å². The molecule has 0 amide bonds. The molecule has 0 spiro atoms. The lowest BCUT2D eigenvalue weighted by molar-refractivity contribution is 1.12. The van der Waals surface area contributed by atoms with E-state index in [4.69, 9.17) is 15.0 Å². The fraction of sp³-hybridized carbons (Fsp3) is 0.136. The van der Waals surface area contributed by atoms with Crippen molar-refractivity contribution in [3.05, 3.63) is 215 Å². The second-order valence-corrected chi connectivity index (χ2v) is 17.0. The molecule has 6 aromatic carbocycles. The fourth-order valence-corrected chi connectivity index (χ4v) is 9.26. The van der Waals surface area contributed by atoms with Gasteiger partial charge in [0, 0.05) is 41.1 Å². The normalized spacial score (nSPS) is 11.2. The van der Waals surface area contributed by atoms with Gasteiger partial charge in [0.05, 0.1) is 22.8 Å². The summed E-state index contributed by atoms with van der Waals surface area (Å²) in [5.74, 6) is 0. The van der Waals surface area contributed by atoms with Gasteiger partial charge in [-0.25, -0.2) is 0 Å². The van der Waals surface area contributed by atoms with Gasteiger partial charge >= 0.3 is 0 Å². The van der Waals surface area contributed by atoms with Crippen molar-refractivity contribution in [2.75, 3.05) is 4.90 Å². The zero-order valence-electron chi connectivity index (χ0n) is 37.5. The van der Waals surface area contributed by atoms with Gasteiger partial charge in [-0.1, -0.05) is 97.1 Å². The van der Waals surface area contributed by atoms with Gasteiger partial charge in [-0.15, -0.1) is 0 Å². The lowest BCUT2D eigenvalue weighted by Gasteiger charge is -2.30. The molecule has 0 fully saturated rings. The average molecular weight is 817 g/mol. The first-order chi connectivity index (χ1) is 30.5. The number of rotatable bonds is 9. The zero-order valence-corrected chi connectivity index (χ0v) is 37.5. The Morgan fingerprint density at radius 1 is 0.333 bits per heavy atom. The van der Waals surface area contributed by atoms with E-state index in [2.05, 4.69) is 212 Å². The van der Waals surface area contributed by atoms with E-state index in [-0.39, 0.29) is 0 Å². The Bertz CT molecular complexity index is 2900. The van der Waals surface area contributed by atoms with Crippen LogP contribution < -0.4 is 4.90 Å². The molecule has 0 bridgehead atoms. The van der Waals surface area contributed by atoms with Gasteiger partial charge in [0.25, 0.3) is 0 Å². The molecule has 0 aliphatic heterocycles. The quantitative estimate of drug-likeness (QED) is 0.146. The van der Waals surface area contributed by atoms with Gasteiger partial charge in [0.2, 0.25) is 0 Å². The fourth-order valence-electron chi connectivity index (χ4n) is 9.26. The molecule has 0 unspecified atom stereocenters. The first-order valence-corrected chi connectivity index (χ1v) is 21.7. The third kappa shape index (κ3) is 8.09. The van der Waals surface area contributed by atoms with E-state index < -0.39 is 0 Å². The van der Waals surface area contributed by atoms with Gasteiger partial charge in [0.1, 0.15) is 0 Å². The minimum Gasteiger partial charge on any atom is -0.308 e. The molecule has 308 valence electrons. The first-order valence-electron chi connectivity index (χ1n) is 21.7. The number of aryl methyl sites for hydroxylation is 8.